The fourth-order valence-electron chi connectivity index (χ4n) is 2.84. The molecule has 132 valence electrons. The summed E-state index contributed by atoms with van der Waals surface area (Å²) in [5.41, 5.74) is 0. The van der Waals surface area contributed by atoms with E-state index in [0.29, 0.717) is 0 Å². The van der Waals surface area contributed by atoms with E-state index in [2.05, 4.69) is 22.9 Å². The predicted molar refractivity (Wildman–Crippen MR) is 105 cm³/mol. The van der Waals surface area contributed by atoms with Crippen LogP contribution in [0.25, 0.3) is 0 Å². The first-order valence-corrected chi connectivity index (χ1v) is 10.5. The average molecular weight is 383 g/mol. The van der Waals surface area contributed by atoms with Gasteiger partial charge in [-0.05, 0) is 30.7 Å². The fraction of sp³-hybridized carbons (Fsp3) is 0.714. The van der Waals surface area contributed by atoms with Crippen LogP contribution in [0.3, 0.4) is 0 Å². The Morgan fingerprint density at radius 3 is 1.57 bits per heavy atom. The van der Waals surface area contributed by atoms with Crippen LogP contribution in [-0.4, -0.2) is 6.61 Å². The lowest BCUT2D eigenvalue weighted by Crippen LogP contribution is -1.97. The van der Waals surface area contributed by atoms with Gasteiger partial charge in [-0.1, -0.05) is 99.9 Å². The first kappa shape index (κ1) is 20.5. The number of rotatable bonds is 15. The molecule has 0 N–H and O–H groups in total. The molecule has 0 aliphatic heterocycles. The van der Waals surface area contributed by atoms with Crippen LogP contribution in [0.4, 0.5) is 0 Å². The van der Waals surface area contributed by atoms with Crippen molar-refractivity contribution in [3.8, 4) is 5.75 Å². The molecule has 0 aromatic heterocycles. The molecule has 1 rings (SSSR count). The van der Waals surface area contributed by atoms with Crippen molar-refractivity contribution >= 4 is 15.9 Å². The number of benzene rings is 1. The predicted octanol–water partition coefficient (Wildman–Crippen LogP) is 7.92. The zero-order valence-electron chi connectivity index (χ0n) is 15.0. The third kappa shape index (κ3) is 12.6. The summed E-state index contributed by atoms with van der Waals surface area (Å²) >= 11 is 3.44. The van der Waals surface area contributed by atoms with Crippen molar-refractivity contribution in [1.29, 1.82) is 0 Å². The Morgan fingerprint density at radius 2 is 1.09 bits per heavy atom. The van der Waals surface area contributed by atoms with Gasteiger partial charge in [0.25, 0.3) is 0 Å². The minimum Gasteiger partial charge on any atom is -0.494 e. The summed E-state index contributed by atoms with van der Waals surface area (Å²) in [6.07, 6.45) is 18.1. The van der Waals surface area contributed by atoms with Crippen molar-refractivity contribution in [2.45, 2.75) is 90.4 Å². The highest BCUT2D eigenvalue weighted by Crippen LogP contribution is 2.17. The van der Waals surface area contributed by atoms with Gasteiger partial charge in [-0.2, -0.15) is 0 Å². The molecule has 0 amide bonds. The monoisotopic (exact) mass is 382 g/mol. The molecule has 2 heteroatoms. The number of ether oxygens (including phenoxy) is 1. The molecule has 0 radical (unpaired) electrons. The lowest BCUT2D eigenvalue weighted by atomic mass is 10.0. The molecule has 0 saturated carbocycles. The Hall–Kier alpha value is -0.500. The van der Waals surface area contributed by atoms with E-state index in [1.165, 1.54) is 83.5 Å². The summed E-state index contributed by atoms with van der Waals surface area (Å²) in [4.78, 5) is 0. The van der Waals surface area contributed by atoms with Crippen molar-refractivity contribution < 1.29 is 4.74 Å². The molecule has 1 aromatic rings. The van der Waals surface area contributed by atoms with Gasteiger partial charge in [0, 0.05) is 4.47 Å². The molecule has 0 aliphatic rings. The van der Waals surface area contributed by atoms with E-state index in [0.717, 1.165) is 16.8 Å². The summed E-state index contributed by atoms with van der Waals surface area (Å²) in [6, 6.07) is 8.09. The maximum Gasteiger partial charge on any atom is 0.119 e. The second kappa shape index (κ2) is 15.1. The van der Waals surface area contributed by atoms with E-state index in [-0.39, 0.29) is 0 Å². The van der Waals surface area contributed by atoms with E-state index >= 15 is 0 Å². The van der Waals surface area contributed by atoms with Crippen LogP contribution in [0.5, 0.6) is 5.75 Å². The molecule has 0 atom stereocenters. The van der Waals surface area contributed by atoms with Gasteiger partial charge in [0.1, 0.15) is 5.75 Å². The second-order valence-corrected chi connectivity index (χ2v) is 7.46. The van der Waals surface area contributed by atoms with Crippen LogP contribution >= 0.6 is 15.9 Å². The normalized spacial score (nSPS) is 10.9. The highest BCUT2D eigenvalue weighted by atomic mass is 79.9. The molecule has 0 heterocycles. The SMILES string of the molecule is CCCCCCCCCCCCCCCOc1ccc(Br)cc1. The van der Waals surface area contributed by atoms with E-state index in [9.17, 15) is 0 Å². The number of hydrogen-bond donors (Lipinski definition) is 0. The third-order valence-electron chi connectivity index (χ3n) is 4.33. The maximum absolute atomic E-state index is 5.74. The minimum absolute atomic E-state index is 0.847. The lowest BCUT2D eigenvalue weighted by Gasteiger charge is -2.06. The van der Waals surface area contributed by atoms with Gasteiger partial charge in [-0.3, -0.25) is 0 Å². The van der Waals surface area contributed by atoms with Gasteiger partial charge in [-0.25, -0.2) is 0 Å². The largest absolute Gasteiger partial charge is 0.494 e. The molecular formula is C21H35BrO. The Balaban J connectivity index is 1.77. The number of hydrogen-bond acceptors (Lipinski definition) is 1. The Kier molecular flexibility index (Phi) is 13.4. The van der Waals surface area contributed by atoms with E-state index in [1.807, 2.05) is 24.3 Å². The van der Waals surface area contributed by atoms with Crippen LogP contribution in [0.1, 0.15) is 90.4 Å². The summed E-state index contributed by atoms with van der Waals surface area (Å²) in [6.45, 7) is 3.13. The van der Waals surface area contributed by atoms with Crippen molar-refractivity contribution in [3.05, 3.63) is 28.7 Å². The van der Waals surface area contributed by atoms with Crippen LogP contribution < -0.4 is 4.74 Å². The van der Waals surface area contributed by atoms with E-state index in [4.69, 9.17) is 4.74 Å². The molecule has 0 unspecified atom stereocenters. The van der Waals surface area contributed by atoms with Gasteiger partial charge in [0.15, 0.2) is 0 Å². The zero-order chi connectivity index (χ0) is 16.6. The first-order chi connectivity index (χ1) is 11.3. The summed E-state index contributed by atoms with van der Waals surface area (Å²) in [5.74, 6) is 0.979. The smallest absolute Gasteiger partial charge is 0.119 e. The van der Waals surface area contributed by atoms with Gasteiger partial charge >= 0.3 is 0 Å². The van der Waals surface area contributed by atoms with Crippen molar-refractivity contribution in [1.82, 2.24) is 0 Å². The van der Waals surface area contributed by atoms with Crippen LogP contribution in [0, 0.1) is 0 Å². The molecule has 0 aliphatic carbocycles. The lowest BCUT2D eigenvalue weighted by molar-refractivity contribution is 0.304. The quantitative estimate of drug-likeness (QED) is 0.280. The number of unbranched alkanes of at least 4 members (excludes halogenated alkanes) is 12. The standard InChI is InChI=1S/C21H35BrO/c1-2-3-4-5-6-7-8-9-10-11-12-13-14-19-23-21-17-15-20(22)16-18-21/h15-18H,2-14,19H2,1H3. The Bertz CT molecular complexity index is 361. The average Bonchev–Trinajstić information content (AvgIpc) is 2.57. The molecular weight excluding hydrogens is 348 g/mol. The third-order valence-corrected chi connectivity index (χ3v) is 4.86. The number of halogens is 1. The molecule has 0 bridgehead atoms. The highest BCUT2D eigenvalue weighted by molar-refractivity contribution is 9.10. The second-order valence-electron chi connectivity index (χ2n) is 6.55. The van der Waals surface area contributed by atoms with Crippen molar-refractivity contribution in [3.63, 3.8) is 0 Å². The molecule has 1 nitrogen and oxygen atoms in total. The Labute approximate surface area is 152 Å². The molecule has 0 spiro atoms. The van der Waals surface area contributed by atoms with Crippen LogP contribution in [0.2, 0.25) is 0 Å². The van der Waals surface area contributed by atoms with E-state index in [1.54, 1.807) is 0 Å². The minimum atomic E-state index is 0.847. The van der Waals surface area contributed by atoms with Gasteiger partial charge in [0.05, 0.1) is 6.61 Å². The van der Waals surface area contributed by atoms with Crippen molar-refractivity contribution in [2.24, 2.45) is 0 Å². The topological polar surface area (TPSA) is 9.23 Å². The van der Waals surface area contributed by atoms with Gasteiger partial charge in [-0.15, -0.1) is 0 Å². The summed E-state index contributed by atoms with van der Waals surface area (Å²) < 4.78 is 6.84. The van der Waals surface area contributed by atoms with Crippen molar-refractivity contribution in [2.75, 3.05) is 6.61 Å². The maximum atomic E-state index is 5.74. The highest BCUT2D eigenvalue weighted by Gasteiger charge is 1.96. The van der Waals surface area contributed by atoms with Crippen LogP contribution in [0.15, 0.2) is 28.7 Å². The Morgan fingerprint density at radius 1 is 0.652 bits per heavy atom. The van der Waals surface area contributed by atoms with Gasteiger partial charge in [0.2, 0.25) is 0 Å². The molecule has 1 aromatic carbocycles. The zero-order valence-corrected chi connectivity index (χ0v) is 16.6. The first-order valence-electron chi connectivity index (χ1n) is 9.71. The fourth-order valence-corrected chi connectivity index (χ4v) is 3.11. The molecule has 0 saturated heterocycles. The van der Waals surface area contributed by atoms with Gasteiger partial charge < -0.3 is 4.74 Å². The summed E-state index contributed by atoms with van der Waals surface area (Å²) in [7, 11) is 0. The molecule has 0 fully saturated rings. The van der Waals surface area contributed by atoms with E-state index < -0.39 is 0 Å². The van der Waals surface area contributed by atoms with Crippen LogP contribution in [-0.2, 0) is 0 Å². The molecule has 23 heavy (non-hydrogen) atoms. The summed E-state index contributed by atoms with van der Waals surface area (Å²) in [5, 5.41) is 0.